The average Bonchev–Trinajstić information content (AvgIpc) is 2.65. The summed E-state index contributed by atoms with van der Waals surface area (Å²) in [6.45, 7) is 6.57. The lowest BCUT2D eigenvalue weighted by Gasteiger charge is -2.39. The zero-order valence-electron chi connectivity index (χ0n) is 15.6. The largest absolute Gasteiger partial charge is 0.477 e. The van der Waals surface area contributed by atoms with E-state index >= 15 is 0 Å². The summed E-state index contributed by atoms with van der Waals surface area (Å²) >= 11 is 0. The third-order valence-corrected chi connectivity index (χ3v) is 4.91. The topological polar surface area (TPSA) is 65.8 Å². The van der Waals surface area contributed by atoms with Gasteiger partial charge in [0.1, 0.15) is 5.56 Å². The number of fused-ring (bicyclic) bond motifs is 1. The molecule has 0 radical (unpaired) electrons. The zero-order valence-corrected chi connectivity index (χ0v) is 15.6. The van der Waals surface area contributed by atoms with E-state index < -0.39 is 11.4 Å². The van der Waals surface area contributed by atoms with E-state index in [4.69, 9.17) is 0 Å². The molecule has 1 atom stereocenters. The number of carboxylic acids is 1. The Bertz CT molecular complexity index is 1080. The number of hydrogen-bond acceptors (Lipinski definition) is 4. The van der Waals surface area contributed by atoms with E-state index in [9.17, 15) is 14.7 Å². The van der Waals surface area contributed by atoms with Crippen LogP contribution in [0.4, 0.5) is 5.69 Å². The number of hydrogen-bond donors (Lipinski definition) is 1. The Morgan fingerprint density at radius 2 is 2.04 bits per heavy atom. The maximum Gasteiger partial charge on any atom is 0.341 e. The Hall–Kier alpha value is -3.22. The number of likely N-dealkylation sites (N-methyl/N-ethyl adjacent to an activating group) is 1. The minimum atomic E-state index is -1.27. The van der Waals surface area contributed by atoms with Crippen molar-refractivity contribution in [3.05, 3.63) is 40.2 Å². The number of anilines is 1. The lowest BCUT2D eigenvalue weighted by atomic mass is 10.1. The van der Waals surface area contributed by atoms with E-state index in [0.29, 0.717) is 16.9 Å². The van der Waals surface area contributed by atoms with Gasteiger partial charge in [-0.25, -0.2) is 4.79 Å². The van der Waals surface area contributed by atoms with Gasteiger partial charge in [-0.3, -0.25) is 9.36 Å². The minimum Gasteiger partial charge on any atom is -0.477 e. The lowest BCUT2D eigenvalue weighted by molar-refractivity contribution is 0.0695. The van der Waals surface area contributed by atoms with Gasteiger partial charge in [0.05, 0.1) is 5.52 Å². The van der Waals surface area contributed by atoms with Gasteiger partial charge in [0.2, 0.25) is 5.43 Å². The van der Waals surface area contributed by atoms with Gasteiger partial charge in [-0.1, -0.05) is 5.92 Å². The summed E-state index contributed by atoms with van der Waals surface area (Å²) in [6.07, 6.45) is 1.27. The molecule has 2 aromatic rings. The normalized spacial score (nSPS) is 17.0. The monoisotopic (exact) mass is 363 g/mol. The number of pyridine rings is 1. The summed E-state index contributed by atoms with van der Waals surface area (Å²) < 4.78 is 1.48. The van der Waals surface area contributed by atoms with Gasteiger partial charge < -0.3 is 14.9 Å². The van der Waals surface area contributed by atoms with Gasteiger partial charge in [0.15, 0.2) is 0 Å². The highest BCUT2D eigenvalue weighted by Crippen LogP contribution is 2.23. The second-order valence-electron chi connectivity index (χ2n) is 6.64. The number of aromatic carboxylic acids is 1. The Morgan fingerprint density at radius 3 is 2.70 bits per heavy atom. The van der Waals surface area contributed by atoms with Gasteiger partial charge in [-0.05, 0) is 45.0 Å². The predicted octanol–water partition coefficient (Wildman–Crippen LogP) is 1.67. The molecule has 0 spiro atoms. The van der Waals surface area contributed by atoms with Crippen molar-refractivity contribution in [1.82, 2.24) is 9.47 Å². The van der Waals surface area contributed by atoms with E-state index in [2.05, 4.69) is 47.6 Å². The number of piperazine rings is 1. The first-order valence-corrected chi connectivity index (χ1v) is 8.73. The molecule has 1 aliphatic rings. The van der Waals surface area contributed by atoms with Crippen LogP contribution in [0.25, 0.3) is 10.9 Å². The minimum absolute atomic E-state index is 0.303. The van der Waals surface area contributed by atoms with Gasteiger partial charge in [0, 0.05) is 54.9 Å². The number of benzene rings is 1. The molecule has 6 nitrogen and oxygen atoms in total. The number of carbonyl (C=O) groups is 1. The van der Waals surface area contributed by atoms with Crippen molar-refractivity contribution < 1.29 is 9.90 Å². The molecule has 1 N–H and O–H groups in total. The van der Waals surface area contributed by atoms with E-state index in [-0.39, 0.29) is 5.56 Å². The first-order chi connectivity index (χ1) is 12.9. The molecule has 0 saturated carbocycles. The molecule has 2 heterocycles. The van der Waals surface area contributed by atoms with Gasteiger partial charge in [-0.2, -0.15) is 0 Å². The van der Waals surface area contributed by atoms with Crippen molar-refractivity contribution >= 4 is 22.6 Å². The molecule has 138 valence electrons. The van der Waals surface area contributed by atoms with Crippen LogP contribution in [0.2, 0.25) is 0 Å². The molecule has 6 heteroatoms. The molecule has 0 aliphatic carbocycles. The molecule has 1 saturated heterocycles. The van der Waals surface area contributed by atoms with Crippen LogP contribution >= 0.6 is 0 Å². The van der Waals surface area contributed by atoms with Crippen LogP contribution < -0.4 is 10.3 Å². The third kappa shape index (κ3) is 3.67. The number of aromatic nitrogens is 1. The predicted molar refractivity (Wildman–Crippen MR) is 106 cm³/mol. The standard InChI is InChI=1S/C21H21N3O3/c1-4-5-6-9-24-14-18(21(26)27)20(25)17-8-7-16(12-19(17)24)23-11-10-22(3)15(2)13-23/h7-8,12,14-15H,10-11,13H2,1-3H3,(H,26,27). The molecule has 3 rings (SSSR count). The Morgan fingerprint density at radius 1 is 1.26 bits per heavy atom. The van der Waals surface area contributed by atoms with Crippen LogP contribution in [0.5, 0.6) is 0 Å². The summed E-state index contributed by atoms with van der Waals surface area (Å²) in [7, 11) is 2.11. The van der Waals surface area contributed by atoms with Crippen molar-refractivity contribution in [3.63, 3.8) is 0 Å². The molecule has 27 heavy (non-hydrogen) atoms. The second-order valence-corrected chi connectivity index (χ2v) is 6.64. The van der Waals surface area contributed by atoms with Gasteiger partial charge in [-0.15, -0.1) is 0 Å². The summed E-state index contributed by atoms with van der Waals surface area (Å²) in [6, 6.07) is 8.70. The molecular weight excluding hydrogens is 342 g/mol. The van der Waals surface area contributed by atoms with E-state index in [1.165, 1.54) is 10.8 Å². The van der Waals surface area contributed by atoms with Gasteiger partial charge in [0.25, 0.3) is 0 Å². The van der Waals surface area contributed by atoms with Crippen LogP contribution in [-0.4, -0.2) is 53.3 Å². The van der Waals surface area contributed by atoms with E-state index in [1.54, 1.807) is 13.0 Å². The summed E-state index contributed by atoms with van der Waals surface area (Å²) in [4.78, 5) is 28.5. The van der Waals surface area contributed by atoms with Crippen molar-refractivity contribution in [2.75, 3.05) is 31.6 Å². The molecule has 1 aromatic heterocycles. The maximum atomic E-state index is 12.5. The highest BCUT2D eigenvalue weighted by Gasteiger charge is 2.22. The summed E-state index contributed by atoms with van der Waals surface area (Å²) in [5.41, 5.74) is 0.763. The summed E-state index contributed by atoms with van der Waals surface area (Å²) in [5.74, 6) is 6.73. The number of nitrogens with zero attached hydrogens (tertiary/aromatic N) is 3. The fourth-order valence-corrected chi connectivity index (χ4v) is 3.19. The Labute approximate surface area is 158 Å². The van der Waals surface area contributed by atoms with Crippen molar-refractivity contribution in [2.24, 2.45) is 0 Å². The molecule has 1 aromatic carbocycles. The van der Waals surface area contributed by atoms with Crippen LogP contribution in [0, 0.1) is 23.8 Å². The smallest absolute Gasteiger partial charge is 0.341 e. The lowest BCUT2D eigenvalue weighted by Crippen LogP contribution is -2.50. The van der Waals surface area contributed by atoms with Crippen molar-refractivity contribution in [2.45, 2.75) is 19.9 Å². The second kappa shape index (κ2) is 7.57. The van der Waals surface area contributed by atoms with Crippen LogP contribution in [-0.2, 0) is 0 Å². The third-order valence-electron chi connectivity index (χ3n) is 4.91. The molecular formula is C21H21N3O3. The molecule has 0 amide bonds. The maximum absolute atomic E-state index is 12.5. The molecule has 1 fully saturated rings. The Kier molecular flexibility index (Phi) is 5.21. The highest BCUT2D eigenvalue weighted by atomic mass is 16.4. The zero-order chi connectivity index (χ0) is 19.6. The van der Waals surface area contributed by atoms with E-state index in [1.807, 2.05) is 12.1 Å². The van der Waals surface area contributed by atoms with Crippen LogP contribution in [0.15, 0.2) is 29.2 Å². The highest BCUT2D eigenvalue weighted by molar-refractivity contribution is 5.93. The van der Waals surface area contributed by atoms with E-state index in [0.717, 1.165) is 25.3 Å². The first kappa shape index (κ1) is 18.6. The molecule has 0 bridgehead atoms. The van der Waals surface area contributed by atoms with Gasteiger partial charge >= 0.3 is 5.97 Å². The average molecular weight is 363 g/mol. The summed E-state index contributed by atoms with van der Waals surface area (Å²) in [5, 5.41) is 9.66. The Balaban J connectivity index is 2.16. The fraction of sp³-hybridized carbons (Fsp3) is 0.333. The fourth-order valence-electron chi connectivity index (χ4n) is 3.19. The molecule has 1 unspecified atom stereocenters. The quantitative estimate of drug-likeness (QED) is 0.823. The number of carboxylic acid groups (broad SMARTS) is 1. The first-order valence-electron chi connectivity index (χ1n) is 8.73. The van der Waals surface area contributed by atoms with Crippen molar-refractivity contribution in [1.29, 1.82) is 0 Å². The molecule has 1 aliphatic heterocycles. The van der Waals surface area contributed by atoms with Crippen LogP contribution in [0.3, 0.4) is 0 Å². The van der Waals surface area contributed by atoms with Crippen molar-refractivity contribution in [3.8, 4) is 23.8 Å². The SMILES string of the molecule is CC#CC#Cn1cc(C(=O)O)c(=O)c2ccc(N3CCN(C)C(C)C3)cc21. The number of rotatable bonds is 2. The van der Waals surface area contributed by atoms with Crippen LogP contribution in [0.1, 0.15) is 24.2 Å².